The van der Waals surface area contributed by atoms with Crippen LogP contribution in [0.3, 0.4) is 0 Å². The molecule has 1 aliphatic rings. The van der Waals surface area contributed by atoms with Crippen molar-refractivity contribution in [3.8, 4) is 0 Å². The zero-order valence-corrected chi connectivity index (χ0v) is 11.2. The minimum Gasteiger partial charge on any atom is -0.396 e. The van der Waals surface area contributed by atoms with Crippen LogP contribution in [0.1, 0.15) is 24.8 Å². The first-order valence-electron chi connectivity index (χ1n) is 5.99. The molecule has 94 valence electrons. The average molecular weight is 302 g/mol. The molecule has 0 aliphatic heterocycles. The number of halogens is 2. The molecule has 17 heavy (non-hydrogen) atoms. The van der Waals surface area contributed by atoms with Crippen molar-refractivity contribution in [1.82, 2.24) is 5.32 Å². The van der Waals surface area contributed by atoms with Gasteiger partial charge in [-0.2, -0.15) is 0 Å². The molecule has 1 aliphatic carbocycles. The van der Waals surface area contributed by atoms with Crippen molar-refractivity contribution in [3.63, 3.8) is 0 Å². The molecular weight excluding hydrogens is 285 g/mol. The molecule has 1 aromatic rings. The molecular formula is C13H17BrFNO. The predicted octanol–water partition coefficient (Wildman–Crippen LogP) is 2.84. The molecule has 1 fully saturated rings. The second kappa shape index (κ2) is 5.94. The van der Waals surface area contributed by atoms with Crippen LogP contribution in [-0.2, 0) is 6.54 Å². The third-order valence-electron chi connectivity index (χ3n) is 3.18. The fraction of sp³-hybridized carbons (Fsp3) is 0.538. The Labute approximate surface area is 109 Å². The molecule has 1 unspecified atom stereocenters. The number of aliphatic hydroxyl groups is 1. The van der Waals surface area contributed by atoms with Crippen LogP contribution in [0.2, 0.25) is 0 Å². The summed E-state index contributed by atoms with van der Waals surface area (Å²) in [5.74, 6) is 0.480. The Bertz CT molecular complexity index is 382. The van der Waals surface area contributed by atoms with E-state index in [1.807, 2.05) is 0 Å². The summed E-state index contributed by atoms with van der Waals surface area (Å²) >= 11 is 3.18. The van der Waals surface area contributed by atoms with E-state index in [0.717, 1.165) is 18.5 Å². The fourth-order valence-corrected chi connectivity index (χ4v) is 2.47. The average Bonchev–Trinajstić information content (AvgIpc) is 3.13. The van der Waals surface area contributed by atoms with Gasteiger partial charge in [0, 0.05) is 19.2 Å². The van der Waals surface area contributed by atoms with Gasteiger partial charge in [0.2, 0.25) is 0 Å². The second-order valence-electron chi connectivity index (χ2n) is 4.59. The molecule has 0 spiro atoms. The van der Waals surface area contributed by atoms with Crippen molar-refractivity contribution in [2.24, 2.45) is 5.92 Å². The van der Waals surface area contributed by atoms with Crippen molar-refractivity contribution in [3.05, 3.63) is 34.1 Å². The molecule has 0 amide bonds. The Morgan fingerprint density at radius 3 is 2.82 bits per heavy atom. The summed E-state index contributed by atoms with van der Waals surface area (Å²) in [6, 6.07) is 5.45. The fourth-order valence-electron chi connectivity index (χ4n) is 2.04. The first-order valence-corrected chi connectivity index (χ1v) is 6.78. The van der Waals surface area contributed by atoms with Gasteiger partial charge in [-0.25, -0.2) is 4.39 Å². The second-order valence-corrected chi connectivity index (χ2v) is 5.44. The van der Waals surface area contributed by atoms with Crippen LogP contribution in [0.15, 0.2) is 22.7 Å². The highest BCUT2D eigenvalue weighted by Gasteiger charge is 2.30. The molecule has 0 radical (unpaired) electrons. The summed E-state index contributed by atoms with van der Waals surface area (Å²) < 4.78 is 13.6. The van der Waals surface area contributed by atoms with Gasteiger partial charge in [-0.15, -0.1) is 0 Å². The highest BCUT2D eigenvalue weighted by atomic mass is 79.9. The molecule has 0 saturated heterocycles. The van der Waals surface area contributed by atoms with Gasteiger partial charge in [0.15, 0.2) is 0 Å². The van der Waals surface area contributed by atoms with Crippen LogP contribution in [0.4, 0.5) is 4.39 Å². The lowest BCUT2D eigenvalue weighted by atomic mass is 10.1. The van der Waals surface area contributed by atoms with Crippen LogP contribution in [0.5, 0.6) is 0 Å². The van der Waals surface area contributed by atoms with E-state index in [2.05, 4.69) is 21.2 Å². The smallest absolute Gasteiger partial charge is 0.137 e. The van der Waals surface area contributed by atoms with Crippen molar-refractivity contribution >= 4 is 15.9 Å². The van der Waals surface area contributed by atoms with Crippen molar-refractivity contribution in [2.75, 3.05) is 6.61 Å². The Balaban J connectivity index is 1.89. The van der Waals surface area contributed by atoms with Crippen LogP contribution < -0.4 is 5.32 Å². The van der Waals surface area contributed by atoms with E-state index in [9.17, 15) is 4.39 Å². The van der Waals surface area contributed by atoms with Gasteiger partial charge < -0.3 is 10.4 Å². The van der Waals surface area contributed by atoms with Crippen molar-refractivity contribution in [2.45, 2.75) is 31.8 Å². The van der Waals surface area contributed by atoms with Crippen LogP contribution in [-0.4, -0.2) is 17.8 Å². The van der Waals surface area contributed by atoms with E-state index >= 15 is 0 Å². The van der Waals surface area contributed by atoms with Gasteiger partial charge in [0.05, 0.1) is 4.47 Å². The molecule has 2 N–H and O–H groups in total. The number of nitrogens with one attached hydrogen (secondary N) is 1. The Kier molecular flexibility index (Phi) is 4.54. The first kappa shape index (κ1) is 13.0. The van der Waals surface area contributed by atoms with E-state index in [-0.39, 0.29) is 12.4 Å². The van der Waals surface area contributed by atoms with E-state index < -0.39 is 0 Å². The monoisotopic (exact) mass is 301 g/mol. The Hall–Kier alpha value is -0.450. The Morgan fingerprint density at radius 2 is 2.24 bits per heavy atom. The first-order chi connectivity index (χ1) is 8.20. The van der Waals surface area contributed by atoms with E-state index in [1.165, 1.54) is 18.9 Å². The normalized spacial score (nSPS) is 17.1. The topological polar surface area (TPSA) is 32.3 Å². The molecule has 1 aromatic carbocycles. The maximum atomic E-state index is 13.1. The lowest BCUT2D eigenvalue weighted by molar-refractivity contribution is 0.255. The molecule has 0 bridgehead atoms. The maximum Gasteiger partial charge on any atom is 0.137 e. The van der Waals surface area contributed by atoms with E-state index in [4.69, 9.17) is 5.11 Å². The van der Waals surface area contributed by atoms with Crippen LogP contribution in [0.25, 0.3) is 0 Å². The highest BCUT2D eigenvalue weighted by Crippen LogP contribution is 2.34. The van der Waals surface area contributed by atoms with Crippen LogP contribution >= 0.6 is 15.9 Å². The number of hydrogen-bond acceptors (Lipinski definition) is 2. The number of aliphatic hydroxyl groups excluding tert-OH is 1. The molecule has 1 atom stereocenters. The van der Waals surface area contributed by atoms with Gasteiger partial charge in [0.1, 0.15) is 5.82 Å². The van der Waals surface area contributed by atoms with Gasteiger partial charge in [0.25, 0.3) is 0 Å². The standard InChI is InChI=1S/C13H17BrFNO/c14-11-7-9(1-4-12(11)15)8-16-13(5-6-17)10-2-3-10/h1,4,7,10,13,16-17H,2-3,5-6,8H2. The number of rotatable bonds is 6. The predicted molar refractivity (Wildman–Crippen MR) is 69.2 cm³/mol. The zero-order valence-electron chi connectivity index (χ0n) is 9.63. The van der Waals surface area contributed by atoms with Crippen LogP contribution in [0, 0.1) is 11.7 Å². The quantitative estimate of drug-likeness (QED) is 0.847. The third-order valence-corrected chi connectivity index (χ3v) is 3.79. The summed E-state index contributed by atoms with van der Waals surface area (Å²) in [5.41, 5.74) is 1.06. The summed E-state index contributed by atoms with van der Waals surface area (Å²) in [7, 11) is 0. The summed E-state index contributed by atoms with van der Waals surface area (Å²) in [4.78, 5) is 0. The third kappa shape index (κ3) is 3.76. The Morgan fingerprint density at radius 1 is 1.47 bits per heavy atom. The molecule has 4 heteroatoms. The van der Waals surface area contributed by atoms with Gasteiger partial charge >= 0.3 is 0 Å². The summed E-state index contributed by atoms with van der Waals surface area (Å²) in [6.07, 6.45) is 3.31. The number of hydrogen-bond donors (Lipinski definition) is 2. The summed E-state index contributed by atoms with van der Waals surface area (Å²) in [5, 5.41) is 12.4. The molecule has 2 nitrogen and oxygen atoms in total. The van der Waals surface area contributed by atoms with Crippen molar-refractivity contribution in [1.29, 1.82) is 0 Å². The number of benzene rings is 1. The summed E-state index contributed by atoms with van der Waals surface area (Å²) in [6.45, 7) is 0.946. The zero-order chi connectivity index (χ0) is 12.3. The largest absolute Gasteiger partial charge is 0.396 e. The minimum atomic E-state index is -0.233. The molecule has 2 rings (SSSR count). The maximum absolute atomic E-state index is 13.1. The van der Waals surface area contributed by atoms with Crippen molar-refractivity contribution < 1.29 is 9.50 Å². The highest BCUT2D eigenvalue weighted by molar-refractivity contribution is 9.10. The lowest BCUT2D eigenvalue weighted by Gasteiger charge is -2.17. The SMILES string of the molecule is OCCC(NCc1ccc(F)c(Br)c1)C1CC1. The molecule has 0 aromatic heterocycles. The van der Waals surface area contributed by atoms with Gasteiger partial charge in [-0.1, -0.05) is 6.07 Å². The van der Waals surface area contributed by atoms with E-state index in [0.29, 0.717) is 16.4 Å². The molecule has 0 heterocycles. The van der Waals surface area contributed by atoms with Gasteiger partial charge in [-0.05, 0) is 58.8 Å². The molecule has 1 saturated carbocycles. The van der Waals surface area contributed by atoms with Gasteiger partial charge in [-0.3, -0.25) is 0 Å². The lowest BCUT2D eigenvalue weighted by Crippen LogP contribution is -2.31. The van der Waals surface area contributed by atoms with E-state index in [1.54, 1.807) is 12.1 Å². The minimum absolute atomic E-state index is 0.223.